The number of unbranched alkanes of at least 4 members (excludes halogenated alkanes) is 7. The van der Waals surface area contributed by atoms with Crippen LogP contribution in [0.25, 0.3) is 0 Å². The molecular formula is C48H81NO9P+. The first-order valence-electron chi connectivity index (χ1n) is 22.4. The van der Waals surface area contributed by atoms with Crippen molar-refractivity contribution in [2.45, 2.75) is 161 Å². The quantitative estimate of drug-likeness (QED) is 0.0162. The van der Waals surface area contributed by atoms with Gasteiger partial charge in [-0.15, -0.1) is 0 Å². The Bertz CT molecular complexity index is 1340. The maximum atomic E-state index is 12.7. The number of carbonyl (C=O) groups excluding carboxylic acids is 2. The van der Waals surface area contributed by atoms with Gasteiger partial charge in [-0.1, -0.05) is 125 Å². The number of carbonyl (C=O) groups is 2. The standard InChI is InChI=1S/C48H80NO9P/c1-6-8-10-12-14-16-18-20-21-22-23-24-26-28-30-32-34-38-48(51)57-44(43-56-59(52,53)55-41-40-49(3,4)5)42-54-47(50)39-35-37-46-45(58-46)36-33-31-29-27-25-19-17-15-13-11-9-7-2/h14-17,20-21,23-25,27-28,30-31,33,44-46H,6-13,18-19,22,26,29,32,34-43H2,1-5H3/p+1/b16-14-,17-15-,21-20-,24-23-,27-25-,30-28-,33-31-/t44-,45?,46?/m1/s1. The van der Waals surface area contributed by atoms with E-state index < -0.39 is 32.5 Å². The molecule has 0 spiro atoms. The van der Waals surface area contributed by atoms with Crippen molar-refractivity contribution >= 4 is 19.8 Å². The molecule has 11 heteroatoms. The van der Waals surface area contributed by atoms with Gasteiger partial charge in [-0.05, 0) is 89.9 Å². The summed E-state index contributed by atoms with van der Waals surface area (Å²) in [6.45, 7) is 4.19. The van der Waals surface area contributed by atoms with E-state index in [4.69, 9.17) is 23.3 Å². The van der Waals surface area contributed by atoms with E-state index >= 15 is 0 Å². The molecule has 0 amide bonds. The summed E-state index contributed by atoms with van der Waals surface area (Å²) in [5.41, 5.74) is 0. The highest BCUT2D eigenvalue weighted by molar-refractivity contribution is 7.47. The van der Waals surface area contributed by atoms with Crippen LogP contribution < -0.4 is 0 Å². The van der Waals surface area contributed by atoms with Gasteiger partial charge in [0, 0.05) is 12.8 Å². The van der Waals surface area contributed by atoms with Gasteiger partial charge >= 0.3 is 19.8 Å². The first-order valence-corrected chi connectivity index (χ1v) is 23.9. The molecule has 0 bridgehead atoms. The number of likely N-dealkylation sites (N-methyl/N-ethyl adjacent to an activating group) is 1. The van der Waals surface area contributed by atoms with Crippen LogP contribution in [0.2, 0.25) is 0 Å². The van der Waals surface area contributed by atoms with Gasteiger partial charge in [0.1, 0.15) is 19.8 Å². The second-order valence-corrected chi connectivity index (χ2v) is 17.6. The molecule has 59 heavy (non-hydrogen) atoms. The van der Waals surface area contributed by atoms with E-state index in [0.717, 1.165) is 57.8 Å². The van der Waals surface area contributed by atoms with E-state index in [0.29, 0.717) is 30.3 Å². The van der Waals surface area contributed by atoms with Crippen LogP contribution in [-0.2, 0) is 37.4 Å². The van der Waals surface area contributed by atoms with Crippen LogP contribution in [-0.4, -0.2) is 87.1 Å². The average molecular weight is 847 g/mol. The third kappa shape index (κ3) is 36.7. The molecular weight excluding hydrogens is 766 g/mol. The van der Waals surface area contributed by atoms with Gasteiger partial charge in [0.25, 0.3) is 0 Å². The van der Waals surface area contributed by atoms with Crippen LogP contribution in [0.4, 0.5) is 0 Å². The minimum atomic E-state index is -4.42. The Morgan fingerprint density at radius 2 is 1.12 bits per heavy atom. The van der Waals surface area contributed by atoms with Crippen molar-refractivity contribution in [2.24, 2.45) is 0 Å². The molecule has 0 aromatic heterocycles. The van der Waals surface area contributed by atoms with E-state index in [1.807, 2.05) is 27.2 Å². The van der Waals surface area contributed by atoms with Crippen molar-refractivity contribution in [2.75, 3.05) is 47.5 Å². The number of allylic oxidation sites excluding steroid dienone is 13. The average Bonchev–Trinajstić information content (AvgIpc) is 3.94. The minimum Gasteiger partial charge on any atom is -0.462 e. The molecule has 0 aromatic carbocycles. The molecule has 10 nitrogen and oxygen atoms in total. The first kappa shape index (κ1) is 54.2. The van der Waals surface area contributed by atoms with Crippen molar-refractivity contribution in [3.63, 3.8) is 0 Å². The molecule has 1 rings (SSSR count). The number of ether oxygens (including phenoxy) is 3. The number of esters is 2. The SMILES string of the molecule is CCCCC/C=C\C/C=C\C/C=C\C/C=C\CCCC(=O)O[C@H](COC(=O)CCCC1OC1C/C=C\C/C=C\C/C=C\CCCCC)COP(=O)(O)OCC[N+](C)(C)C. The molecule has 4 atom stereocenters. The monoisotopic (exact) mass is 847 g/mol. The van der Waals surface area contributed by atoms with Crippen LogP contribution in [0.3, 0.4) is 0 Å². The number of rotatable bonds is 38. The highest BCUT2D eigenvalue weighted by Gasteiger charge is 2.36. The van der Waals surface area contributed by atoms with E-state index in [2.05, 4.69) is 92.8 Å². The first-order chi connectivity index (χ1) is 28.5. The topological polar surface area (TPSA) is 121 Å². The maximum absolute atomic E-state index is 12.7. The maximum Gasteiger partial charge on any atom is 0.472 e. The second kappa shape index (κ2) is 35.9. The molecule has 1 heterocycles. The summed E-state index contributed by atoms with van der Waals surface area (Å²) < 4.78 is 40.0. The van der Waals surface area contributed by atoms with Gasteiger partial charge in [0.2, 0.25) is 0 Å². The summed E-state index contributed by atoms with van der Waals surface area (Å²) in [6.07, 6.45) is 48.0. The molecule has 1 saturated heterocycles. The number of hydrogen-bond donors (Lipinski definition) is 1. The van der Waals surface area contributed by atoms with Gasteiger partial charge in [-0.3, -0.25) is 18.6 Å². The molecule has 1 N–H and O–H groups in total. The number of nitrogens with zero attached hydrogens (tertiary/aromatic N) is 1. The molecule has 1 fully saturated rings. The lowest BCUT2D eigenvalue weighted by Gasteiger charge is -2.24. The smallest absolute Gasteiger partial charge is 0.462 e. The lowest BCUT2D eigenvalue weighted by atomic mass is 10.1. The third-order valence-corrected chi connectivity index (χ3v) is 10.3. The zero-order valence-electron chi connectivity index (χ0n) is 37.4. The highest BCUT2D eigenvalue weighted by Crippen LogP contribution is 2.43. The van der Waals surface area contributed by atoms with E-state index in [1.165, 1.54) is 38.5 Å². The lowest BCUT2D eigenvalue weighted by Crippen LogP contribution is -2.37. The number of phosphoric ester groups is 1. The molecule has 1 aliphatic rings. The molecule has 1 aliphatic heterocycles. The summed E-state index contributed by atoms with van der Waals surface area (Å²) in [7, 11) is 1.39. The zero-order chi connectivity index (χ0) is 43.3. The fourth-order valence-electron chi connectivity index (χ4n) is 5.68. The lowest BCUT2D eigenvalue weighted by molar-refractivity contribution is -0.870. The van der Waals surface area contributed by atoms with Crippen LogP contribution in [0.15, 0.2) is 85.1 Å². The fraction of sp³-hybridized carbons (Fsp3) is 0.667. The van der Waals surface area contributed by atoms with Gasteiger partial charge in [-0.25, -0.2) is 4.57 Å². The summed E-state index contributed by atoms with van der Waals surface area (Å²) >= 11 is 0. The Morgan fingerprint density at radius 3 is 1.64 bits per heavy atom. The zero-order valence-corrected chi connectivity index (χ0v) is 38.3. The fourth-order valence-corrected chi connectivity index (χ4v) is 6.42. The Labute approximate surface area is 358 Å². The van der Waals surface area contributed by atoms with Crippen molar-refractivity contribution in [3.8, 4) is 0 Å². The van der Waals surface area contributed by atoms with E-state index in [1.54, 1.807) is 0 Å². The number of phosphoric acid groups is 1. The van der Waals surface area contributed by atoms with Crippen LogP contribution in [0.5, 0.6) is 0 Å². The summed E-state index contributed by atoms with van der Waals surface area (Å²) in [6, 6.07) is 0. The van der Waals surface area contributed by atoms with Crippen molar-refractivity contribution in [1.29, 1.82) is 0 Å². The molecule has 0 aromatic rings. The normalized spacial score (nSPS) is 17.8. The summed E-state index contributed by atoms with van der Waals surface area (Å²) in [5, 5.41) is 0. The predicted octanol–water partition coefficient (Wildman–Crippen LogP) is 11.8. The van der Waals surface area contributed by atoms with Crippen LogP contribution in [0.1, 0.15) is 142 Å². The number of epoxide rings is 1. The highest BCUT2D eigenvalue weighted by atomic mass is 31.2. The molecule has 3 unspecified atom stereocenters. The van der Waals surface area contributed by atoms with Crippen molar-refractivity contribution < 1.29 is 46.8 Å². The Hall–Kier alpha value is -2.85. The Morgan fingerprint density at radius 1 is 0.627 bits per heavy atom. The van der Waals surface area contributed by atoms with E-state index in [-0.39, 0.29) is 38.3 Å². The van der Waals surface area contributed by atoms with Gasteiger partial charge in [0.05, 0.1) is 40.0 Å². The predicted molar refractivity (Wildman–Crippen MR) is 242 cm³/mol. The van der Waals surface area contributed by atoms with Gasteiger partial charge in [-0.2, -0.15) is 0 Å². The molecule has 0 saturated carbocycles. The van der Waals surface area contributed by atoms with Crippen molar-refractivity contribution in [1.82, 2.24) is 0 Å². The van der Waals surface area contributed by atoms with Crippen LogP contribution in [0, 0.1) is 0 Å². The minimum absolute atomic E-state index is 0.00472. The third-order valence-electron chi connectivity index (χ3n) is 9.32. The second-order valence-electron chi connectivity index (χ2n) is 16.1. The number of quaternary nitrogens is 1. The van der Waals surface area contributed by atoms with Crippen molar-refractivity contribution in [3.05, 3.63) is 85.1 Å². The van der Waals surface area contributed by atoms with Gasteiger partial charge < -0.3 is 23.6 Å². The molecule has 0 aliphatic carbocycles. The molecule has 0 radical (unpaired) electrons. The van der Waals surface area contributed by atoms with E-state index in [9.17, 15) is 19.0 Å². The summed E-state index contributed by atoms with van der Waals surface area (Å²) in [4.78, 5) is 35.5. The number of hydrogen-bond acceptors (Lipinski definition) is 8. The van der Waals surface area contributed by atoms with Crippen LogP contribution >= 0.6 is 7.82 Å². The Balaban J connectivity index is 2.39. The molecule has 336 valence electrons. The van der Waals surface area contributed by atoms with Gasteiger partial charge in [0.15, 0.2) is 6.10 Å². The largest absolute Gasteiger partial charge is 0.472 e. The summed E-state index contributed by atoms with van der Waals surface area (Å²) in [5.74, 6) is -0.950. The Kier molecular flexibility index (Phi) is 32.9.